The summed E-state index contributed by atoms with van der Waals surface area (Å²) < 4.78 is 27.2. The van der Waals surface area contributed by atoms with Crippen LogP contribution >= 0.6 is 23.7 Å². The predicted molar refractivity (Wildman–Crippen MR) is 97.1 cm³/mol. The molecule has 0 saturated carbocycles. The zero-order valence-corrected chi connectivity index (χ0v) is 16.1. The third-order valence-corrected chi connectivity index (χ3v) is 8.04. The first-order chi connectivity index (χ1) is 11.0. The highest BCUT2D eigenvalue weighted by Gasteiger charge is 2.41. The predicted octanol–water partition coefficient (Wildman–Crippen LogP) is 1.53. The van der Waals surface area contributed by atoms with Gasteiger partial charge in [-0.05, 0) is 44.2 Å². The minimum absolute atomic E-state index is 0. The Morgan fingerprint density at radius 3 is 2.54 bits per heavy atom. The topological polar surface area (TPSA) is 69.7 Å². The Kier molecular flexibility index (Phi) is 6.66. The number of thiophene rings is 1. The fourth-order valence-corrected chi connectivity index (χ4v) is 6.17. The smallest absolute Gasteiger partial charge is 0.253 e. The van der Waals surface area contributed by atoms with E-state index < -0.39 is 16.1 Å². The second kappa shape index (κ2) is 8.14. The molecule has 1 aromatic heterocycles. The molecule has 136 valence electrons. The second-order valence-corrected chi connectivity index (χ2v) is 9.16. The average Bonchev–Trinajstić information content (AvgIpc) is 3.25. The summed E-state index contributed by atoms with van der Waals surface area (Å²) in [6.45, 7) is 1.84. The van der Waals surface area contributed by atoms with Crippen molar-refractivity contribution >= 4 is 39.7 Å². The van der Waals surface area contributed by atoms with Crippen LogP contribution in [0.15, 0.2) is 21.7 Å². The zero-order valence-electron chi connectivity index (χ0n) is 13.7. The van der Waals surface area contributed by atoms with E-state index in [0.29, 0.717) is 36.3 Å². The summed E-state index contributed by atoms with van der Waals surface area (Å²) in [5.41, 5.74) is 0. The van der Waals surface area contributed by atoms with E-state index in [2.05, 4.69) is 5.32 Å². The van der Waals surface area contributed by atoms with Crippen molar-refractivity contribution in [2.45, 2.75) is 42.0 Å². The Morgan fingerprint density at radius 2 is 1.96 bits per heavy atom. The fraction of sp³-hybridized carbons (Fsp3) is 0.667. The number of sulfonamides is 1. The molecule has 3 heterocycles. The Labute approximate surface area is 153 Å². The number of halogens is 1. The van der Waals surface area contributed by atoms with E-state index in [9.17, 15) is 13.2 Å². The van der Waals surface area contributed by atoms with Crippen LogP contribution in [-0.2, 0) is 14.8 Å². The van der Waals surface area contributed by atoms with Crippen molar-refractivity contribution in [2.75, 3.05) is 26.7 Å². The van der Waals surface area contributed by atoms with E-state index in [4.69, 9.17) is 0 Å². The Balaban J connectivity index is 0.00000208. The molecule has 24 heavy (non-hydrogen) atoms. The molecule has 0 aliphatic carbocycles. The minimum atomic E-state index is -3.55. The lowest BCUT2D eigenvalue weighted by molar-refractivity contribution is -0.135. The molecule has 2 saturated heterocycles. The van der Waals surface area contributed by atoms with Gasteiger partial charge in [0.15, 0.2) is 0 Å². The number of carbonyl (C=O) groups is 1. The molecule has 0 radical (unpaired) electrons. The summed E-state index contributed by atoms with van der Waals surface area (Å²) in [5.74, 6) is -0.0304. The summed E-state index contributed by atoms with van der Waals surface area (Å²) in [5, 5.41) is 4.99. The molecule has 9 heteroatoms. The summed E-state index contributed by atoms with van der Waals surface area (Å²) in [7, 11) is -1.61. The number of nitrogens with one attached hydrogen (secondary N) is 1. The van der Waals surface area contributed by atoms with Crippen LogP contribution in [0.5, 0.6) is 0 Å². The molecule has 6 nitrogen and oxygen atoms in total. The number of hydrogen-bond donors (Lipinski definition) is 1. The van der Waals surface area contributed by atoms with E-state index in [1.54, 1.807) is 17.5 Å². The van der Waals surface area contributed by atoms with E-state index in [1.807, 2.05) is 11.9 Å². The van der Waals surface area contributed by atoms with Gasteiger partial charge in [-0.3, -0.25) is 4.79 Å². The van der Waals surface area contributed by atoms with Gasteiger partial charge in [0.1, 0.15) is 10.3 Å². The van der Waals surface area contributed by atoms with Crippen molar-refractivity contribution in [3.63, 3.8) is 0 Å². The molecule has 2 aliphatic rings. The average molecular weight is 394 g/mol. The number of amides is 1. The number of likely N-dealkylation sites (tertiary alicyclic amines) is 1. The molecule has 0 spiro atoms. The molecule has 3 rings (SSSR count). The van der Waals surface area contributed by atoms with Crippen LogP contribution in [0.2, 0.25) is 0 Å². The van der Waals surface area contributed by atoms with Crippen molar-refractivity contribution in [3.05, 3.63) is 17.5 Å². The van der Waals surface area contributed by atoms with Gasteiger partial charge in [0, 0.05) is 25.7 Å². The van der Waals surface area contributed by atoms with Crippen LogP contribution in [0.4, 0.5) is 0 Å². The van der Waals surface area contributed by atoms with Gasteiger partial charge in [0.25, 0.3) is 10.0 Å². The van der Waals surface area contributed by atoms with Crippen LogP contribution in [0, 0.1) is 0 Å². The SMILES string of the molecule is CNC1CCN(C(=O)C2CCCN2S(=O)(=O)c2cccs2)CC1.Cl. The molecule has 1 amide bonds. The lowest BCUT2D eigenvalue weighted by Gasteiger charge is -2.35. The standard InChI is InChI=1S/C15H23N3O3S2.ClH/c1-16-12-6-9-17(10-7-12)15(19)13-4-2-8-18(13)23(20,21)14-5-3-11-22-14;/h3,5,11-13,16H,2,4,6-10H2,1H3;1H. The zero-order chi connectivity index (χ0) is 16.4. The summed E-state index contributed by atoms with van der Waals surface area (Å²) in [6, 6.07) is 3.26. The highest BCUT2D eigenvalue weighted by molar-refractivity contribution is 7.91. The maximum Gasteiger partial charge on any atom is 0.253 e. The van der Waals surface area contributed by atoms with Gasteiger partial charge in [-0.15, -0.1) is 23.7 Å². The van der Waals surface area contributed by atoms with Crippen molar-refractivity contribution < 1.29 is 13.2 Å². The van der Waals surface area contributed by atoms with Crippen LogP contribution in [-0.4, -0.2) is 62.3 Å². The lowest BCUT2D eigenvalue weighted by atomic mass is 10.0. The van der Waals surface area contributed by atoms with Crippen molar-refractivity contribution in [1.82, 2.24) is 14.5 Å². The van der Waals surface area contributed by atoms with E-state index in [1.165, 1.54) is 15.6 Å². The van der Waals surface area contributed by atoms with Gasteiger partial charge in [0.05, 0.1) is 0 Å². The normalized spacial score (nSPS) is 23.2. The summed E-state index contributed by atoms with van der Waals surface area (Å²) in [4.78, 5) is 14.7. The van der Waals surface area contributed by atoms with Crippen LogP contribution in [0.25, 0.3) is 0 Å². The van der Waals surface area contributed by atoms with Gasteiger partial charge in [-0.2, -0.15) is 4.31 Å². The van der Waals surface area contributed by atoms with E-state index in [0.717, 1.165) is 19.3 Å². The van der Waals surface area contributed by atoms with E-state index >= 15 is 0 Å². The monoisotopic (exact) mass is 393 g/mol. The van der Waals surface area contributed by atoms with Crippen LogP contribution < -0.4 is 5.32 Å². The molecule has 2 fully saturated rings. The van der Waals surface area contributed by atoms with Gasteiger partial charge >= 0.3 is 0 Å². The quantitative estimate of drug-likeness (QED) is 0.842. The number of hydrogen-bond acceptors (Lipinski definition) is 5. The van der Waals surface area contributed by atoms with Crippen LogP contribution in [0.1, 0.15) is 25.7 Å². The fourth-order valence-electron chi connectivity index (χ4n) is 3.40. The highest BCUT2D eigenvalue weighted by atomic mass is 35.5. The Morgan fingerprint density at radius 1 is 1.25 bits per heavy atom. The molecular weight excluding hydrogens is 370 g/mol. The number of nitrogens with zero attached hydrogens (tertiary/aromatic N) is 2. The first-order valence-electron chi connectivity index (χ1n) is 8.05. The maximum atomic E-state index is 12.8. The van der Waals surface area contributed by atoms with E-state index in [-0.39, 0.29) is 18.3 Å². The Hall–Kier alpha value is -0.670. The first kappa shape index (κ1) is 19.7. The number of carbonyl (C=O) groups excluding carboxylic acids is 1. The second-order valence-electron chi connectivity index (χ2n) is 6.09. The highest BCUT2D eigenvalue weighted by Crippen LogP contribution is 2.30. The molecule has 1 aromatic rings. The molecule has 2 aliphatic heterocycles. The molecular formula is C15H24ClN3O3S2. The van der Waals surface area contributed by atoms with Gasteiger partial charge in [-0.25, -0.2) is 8.42 Å². The molecule has 0 aromatic carbocycles. The molecule has 1 N–H and O–H groups in total. The van der Waals surface area contributed by atoms with Gasteiger partial charge in [0.2, 0.25) is 5.91 Å². The first-order valence-corrected chi connectivity index (χ1v) is 10.4. The maximum absolute atomic E-state index is 12.8. The summed E-state index contributed by atoms with van der Waals surface area (Å²) in [6.07, 6.45) is 3.21. The largest absolute Gasteiger partial charge is 0.341 e. The molecule has 1 atom stereocenters. The Bertz CT molecular complexity index is 643. The number of rotatable bonds is 4. The lowest BCUT2D eigenvalue weighted by Crippen LogP contribution is -2.51. The minimum Gasteiger partial charge on any atom is -0.341 e. The van der Waals surface area contributed by atoms with Crippen LogP contribution in [0.3, 0.4) is 0 Å². The molecule has 0 bridgehead atoms. The van der Waals surface area contributed by atoms with Crippen molar-refractivity contribution in [3.8, 4) is 0 Å². The third-order valence-electron chi connectivity index (χ3n) is 4.76. The third kappa shape index (κ3) is 3.77. The number of piperidine rings is 1. The molecule has 1 unspecified atom stereocenters. The van der Waals surface area contributed by atoms with Gasteiger partial charge in [-0.1, -0.05) is 6.07 Å². The van der Waals surface area contributed by atoms with Crippen molar-refractivity contribution in [1.29, 1.82) is 0 Å². The summed E-state index contributed by atoms with van der Waals surface area (Å²) >= 11 is 1.21. The van der Waals surface area contributed by atoms with Gasteiger partial charge < -0.3 is 10.2 Å². The van der Waals surface area contributed by atoms with Crippen molar-refractivity contribution in [2.24, 2.45) is 0 Å².